The maximum absolute atomic E-state index is 4.81. The molecular weight excluding hydrogens is 593 g/mol. The molecule has 0 aliphatic heterocycles. The molecule has 0 saturated heterocycles. The lowest BCUT2D eigenvalue weighted by molar-refractivity contribution is 0.597. The monoisotopic (exact) mass is 644 g/mol. The molecular formula is C47H52N2. The summed E-state index contributed by atoms with van der Waals surface area (Å²) in [5.41, 5.74) is 15.0. The summed E-state index contributed by atoms with van der Waals surface area (Å²) in [6.07, 6.45) is 2.03. The van der Waals surface area contributed by atoms with Crippen molar-refractivity contribution in [1.29, 1.82) is 0 Å². The van der Waals surface area contributed by atoms with Gasteiger partial charge in [0.1, 0.15) is 0 Å². The highest BCUT2D eigenvalue weighted by atomic mass is 14.8. The normalized spacial score (nSPS) is 13.1. The van der Waals surface area contributed by atoms with Crippen molar-refractivity contribution in [2.45, 2.75) is 85.5 Å². The van der Waals surface area contributed by atoms with E-state index in [-0.39, 0.29) is 5.41 Å². The third kappa shape index (κ3) is 6.84. The minimum Gasteiger partial charge on any atom is -0.249 e. The highest BCUT2D eigenvalue weighted by Crippen LogP contribution is 2.56. The Morgan fingerprint density at radius 3 is 1.12 bits per heavy atom. The van der Waals surface area contributed by atoms with E-state index in [4.69, 9.17) is 9.97 Å². The van der Waals surface area contributed by atoms with Crippen LogP contribution in [0.3, 0.4) is 0 Å². The zero-order valence-corrected chi connectivity index (χ0v) is 30.7. The quantitative estimate of drug-likeness (QED) is 0.164. The largest absolute Gasteiger partial charge is 0.249 e. The van der Waals surface area contributed by atoms with Crippen LogP contribution in [0.25, 0.3) is 22.2 Å². The smallest absolute Gasteiger partial charge is 0.0890 e. The van der Waals surface area contributed by atoms with E-state index in [1.54, 1.807) is 0 Å². The molecule has 0 bridgehead atoms. The van der Waals surface area contributed by atoms with Crippen LogP contribution >= 0.6 is 0 Å². The molecule has 49 heavy (non-hydrogen) atoms. The topological polar surface area (TPSA) is 25.8 Å². The second kappa shape index (κ2) is 14.5. The van der Waals surface area contributed by atoms with Gasteiger partial charge in [-0.05, 0) is 93.2 Å². The van der Waals surface area contributed by atoms with Crippen LogP contribution in [0, 0.1) is 11.8 Å². The number of para-hydroxylation sites is 2. The van der Waals surface area contributed by atoms with Crippen LogP contribution in [0.1, 0.15) is 112 Å². The van der Waals surface area contributed by atoms with Gasteiger partial charge in [0.15, 0.2) is 0 Å². The fourth-order valence-corrected chi connectivity index (χ4v) is 7.43. The summed E-state index contributed by atoms with van der Waals surface area (Å²) < 4.78 is 0. The molecule has 5 aromatic carbocycles. The maximum atomic E-state index is 4.81. The summed E-state index contributed by atoms with van der Waals surface area (Å²) >= 11 is 0. The number of nitrogens with zero attached hydrogens (tertiary/aromatic N) is 2. The molecule has 0 atom stereocenters. The highest BCUT2D eigenvalue weighted by molar-refractivity contribution is 5.86. The van der Waals surface area contributed by atoms with E-state index in [0.717, 1.165) is 23.9 Å². The van der Waals surface area contributed by atoms with Crippen LogP contribution in [0.2, 0.25) is 0 Å². The molecule has 0 N–H and O–H groups in total. The Kier molecular flexibility index (Phi) is 10.2. The second-order valence-electron chi connectivity index (χ2n) is 15.2. The van der Waals surface area contributed by atoms with Crippen molar-refractivity contribution >= 4 is 11.0 Å². The molecule has 6 aromatic rings. The van der Waals surface area contributed by atoms with Crippen molar-refractivity contribution in [3.63, 3.8) is 0 Å². The molecule has 0 unspecified atom stereocenters. The van der Waals surface area contributed by atoms with Gasteiger partial charge in [-0.1, -0.05) is 165 Å². The average molecular weight is 645 g/mol. The van der Waals surface area contributed by atoms with Gasteiger partial charge in [-0.3, -0.25) is 0 Å². The second-order valence-corrected chi connectivity index (χ2v) is 15.2. The Balaban J connectivity index is 0.000000197. The minimum atomic E-state index is -0.293. The summed E-state index contributed by atoms with van der Waals surface area (Å²) in [6.45, 7) is 18.0. The van der Waals surface area contributed by atoms with E-state index in [9.17, 15) is 0 Å². The lowest BCUT2D eigenvalue weighted by Gasteiger charge is -2.34. The predicted molar refractivity (Wildman–Crippen MR) is 209 cm³/mol. The van der Waals surface area contributed by atoms with Crippen LogP contribution < -0.4 is 0 Å². The van der Waals surface area contributed by atoms with Gasteiger partial charge < -0.3 is 0 Å². The van der Waals surface area contributed by atoms with E-state index >= 15 is 0 Å². The van der Waals surface area contributed by atoms with E-state index < -0.39 is 0 Å². The number of hydrogen-bond acceptors (Lipinski definition) is 2. The average Bonchev–Trinajstić information content (AvgIpc) is 3.39. The Bertz CT molecular complexity index is 1870. The molecule has 1 heterocycles. The first kappa shape index (κ1) is 34.3. The van der Waals surface area contributed by atoms with Crippen LogP contribution in [0.5, 0.6) is 0 Å². The number of aromatic nitrogens is 2. The molecule has 250 valence electrons. The first-order valence-electron chi connectivity index (χ1n) is 18.2. The molecule has 0 saturated carbocycles. The molecule has 0 amide bonds. The van der Waals surface area contributed by atoms with Crippen molar-refractivity contribution in [1.82, 2.24) is 9.97 Å². The van der Waals surface area contributed by atoms with Crippen LogP contribution in [-0.4, -0.2) is 9.97 Å². The zero-order valence-electron chi connectivity index (χ0n) is 30.7. The molecule has 1 aromatic heterocycles. The van der Waals surface area contributed by atoms with Gasteiger partial charge in [-0.15, -0.1) is 0 Å². The Morgan fingerprint density at radius 1 is 0.429 bits per heavy atom. The third-order valence-corrected chi connectivity index (χ3v) is 9.90. The molecule has 1 aliphatic rings. The van der Waals surface area contributed by atoms with Gasteiger partial charge >= 0.3 is 0 Å². The first-order valence-corrected chi connectivity index (χ1v) is 18.2. The lowest BCUT2D eigenvalue weighted by atomic mass is 9.67. The summed E-state index contributed by atoms with van der Waals surface area (Å²) in [4.78, 5) is 9.61. The van der Waals surface area contributed by atoms with Gasteiger partial charge in [0.2, 0.25) is 0 Å². The van der Waals surface area contributed by atoms with Crippen molar-refractivity contribution < 1.29 is 0 Å². The standard InChI is InChI=1S/C31H30.C16H22N2/c1-21(2)23-13-17-25(18-14-23)31(26-19-15-24(16-20-26)22(3)4)29-11-7-5-9-27(29)28-10-6-8-12-30(28)31;1-11(2)9-15-16(10-12(3)4)18-14-8-6-5-7-13(14)17-15/h5-22H,1-4H3;5-8,11-12H,9-10H2,1-4H3. The molecule has 7 rings (SSSR count). The highest BCUT2D eigenvalue weighted by Gasteiger charge is 2.45. The number of rotatable bonds is 8. The fraction of sp³-hybridized carbons (Fsp3) is 0.319. The van der Waals surface area contributed by atoms with E-state index in [1.807, 2.05) is 24.3 Å². The molecule has 0 fully saturated rings. The SMILES string of the molecule is CC(C)Cc1nc2ccccc2nc1CC(C)C.CC(C)c1ccc(C2(c3ccc(C(C)C)cc3)c3ccccc3-c3ccccc32)cc1. The summed E-state index contributed by atoms with van der Waals surface area (Å²) in [6, 6.07) is 44.7. The maximum Gasteiger partial charge on any atom is 0.0890 e. The summed E-state index contributed by atoms with van der Waals surface area (Å²) in [5, 5.41) is 0. The molecule has 2 heteroatoms. The van der Waals surface area contributed by atoms with Crippen molar-refractivity contribution in [3.8, 4) is 11.1 Å². The summed E-state index contributed by atoms with van der Waals surface area (Å²) in [5.74, 6) is 2.29. The number of hydrogen-bond donors (Lipinski definition) is 0. The first-order chi connectivity index (χ1) is 23.6. The van der Waals surface area contributed by atoms with E-state index in [0.29, 0.717) is 23.7 Å². The summed E-state index contributed by atoms with van der Waals surface area (Å²) in [7, 11) is 0. The minimum absolute atomic E-state index is 0.293. The van der Waals surface area contributed by atoms with Gasteiger partial charge in [0.05, 0.1) is 27.8 Å². The molecule has 2 nitrogen and oxygen atoms in total. The van der Waals surface area contributed by atoms with Gasteiger partial charge in [-0.25, -0.2) is 9.97 Å². The van der Waals surface area contributed by atoms with Gasteiger partial charge in [0.25, 0.3) is 0 Å². The van der Waals surface area contributed by atoms with Crippen LogP contribution in [-0.2, 0) is 18.3 Å². The molecule has 1 aliphatic carbocycles. The Labute approximate surface area is 294 Å². The van der Waals surface area contributed by atoms with E-state index in [2.05, 4.69) is 152 Å². The molecule has 0 radical (unpaired) electrons. The number of fused-ring (bicyclic) bond motifs is 4. The van der Waals surface area contributed by atoms with E-state index in [1.165, 1.54) is 55.9 Å². The van der Waals surface area contributed by atoms with Crippen LogP contribution in [0.15, 0.2) is 121 Å². The predicted octanol–water partition coefficient (Wildman–Crippen LogP) is 12.3. The lowest BCUT2D eigenvalue weighted by Crippen LogP contribution is -2.28. The van der Waals surface area contributed by atoms with Gasteiger partial charge in [-0.2, -0.15) is 0 Å². The third-order valence-electron chi connectivity index (χ3n) is 9.90. The van der Waals surface area contributed by atoms with Crippen molar-refractivity contribution in [2.75, 3.05) is 0 Å². The van der Waals surface area contributed by atoms with Crippen molar-refractivity contribution in [2.24, 2.45) is 11.8 Å². The molecule has 0 spiro atoms. The van der Waals surface area contributed by atoms with Crippen molar-refractivity contribution in [3.05, 3.63) is 166 Å². The fourth-order valence-electron chi connectivity index (χ4n) is 7.43. The Morgan fingerprint density at radius 2 is 0.776 bits per heavy atom. The zero-order chi connectivity index (χ0) is 34.7. The van der Waals surface area contributed by atoms with Gasteiger partial charge in [0, 0.05) is 0 Å². The number of benzene rings is 5. The van der Waals surface area contributed by atoms with Crippen LogP contribution in [0.4, 0.5) is 0 Å². The Hall–Kier alpha value is -4.56.